The van der Waals surface area contributed by atoms with Gasteiger partial charge in [0.25, 0.3) is 0 Å². The van der Waals surface area contributed by atoms with Crippen LogP contribution in [-0.4, -0.2) is 70.8 Å². The topological polar surface area (TPSA) is 43.2 Å². The molecule has 5 aliphatic rings. The van der Waals surface area contributed by atoms with Crippen LogP contribution in [0.4, 0.5) is 0 Å². The van der Waals surface area contributed by atoms with Crippen molar-refractivity contribution in [2.45, 2.75) is 37.4 Å². The van der Waals surface area contributed by atoms with E-state index in [1.54, 1.807) is 0 Å². The van der Waals surface area contributed by atoms with Crippen LogP contribution in [0.3, 0.4) is 0 Å². The summed E-state index contributed by atoms with van der Waals surface area (Å²) in [4.78, 5) is 30.5. The van der Waals surface area contributed by atoms with Crippen LogP contribution in [0.2, 0.25) is 0 Å². The Kier molecular flexibility index (Phi) is 4.33. The third-order valence-electron chi connectivity index (χ3n) is 5.06. The van der Waals surface area contributed by atoms with E-state index in [9.17, 15) is 9.59 Å². The Hall–Kier alpha value is -1.43. The molecule has 3 aliphatic heterocycles. The molecule has 3 saturated heterocycles. The first-order valence-electron chi connectivity index (χ1n) is 9.13. The van der Waals surface area contributed by atoms with E-state index in [4.69, 9.17) is 0 Å². The first-order chi connectivity index (χ1) is 11.6. The second kappa shape index (κ2) is 6.47. The number of hydrogen-bond donors (Lipinski definition) is 1. The summed E-state index contributed by atoms with van der Waals surface area (Å²) >= 11 is 4.36. The van der Waals surface area contributed by atoms with Crippen LogP contribution >= 0.6 is 12.6 Å². The molecule has 2 aliphatic carbocycles. The Balaban J connectivity index is 0.000000177. The van der Waals surface area contributed by atoms with Crippen molar-refractivity contribution in [3.8, 4) is 0 Å². The molecule has 24 heavy (non-hydrogen) atoms. The molecule has 3 heterocycles. The highest BCUT2D eigenvalue weighted by Crippen LogP contribution is 2.33. The van der Waals surface area contributed by atoms with Gasteiger partial charge in [0.05, 0.1) is 5.70 Å². The van der Waals surface area contributed by atoms with Crippen LogP contribution in [0.5, 0.6) is 0 Å². The zero-order valence-electron chi connectivity index (χ0n) is 14.0. The van der Waals surface area contributed by atoms with Gasteiger partial charge in [-0.1, -0.05) is 19.3 Å². The number of nitrogens with zero attached hydrogens (tertiary/aromatic N) is 3. The van der Waals surface area contributed by atoms with E-state index in [0.29, 0.717) is 17.1 Å². The average Bonchev–Trinajstić information content (AvgIpc) is 3.41. The van der Waals surface area contributed by atoms with Crippen LogP contribution in [0.1, 0.15) is 32.1 Å². The molecule has 0 bridgehead atoms. The van der Waals surface area contributed by atoms with E-state index in [1.807, 2.05) is 14.7 Å². The third kappa shape index (κ3) is 3.48. The van der Waals surface area contributed by atoms with Gasteiger partial charge in [-0.15, -0.1) is 0 Å². The van der Waals surface area contributed by atoms with Gasteiger partial charge in [0.2, 0.25) is 11.6 Å². The molecule has 6 heteroatoms. The van der Waals surface area contributed by atoms with Gasteiger partial charge >= 0.3 is 0 Å². The number of carbonyl (C=O) groups excluding carboxylic acids is 2. The summed E-state index contributed by atoms with van der Waals surface area (Å²) in [6, 6.07) is 0. The fourth-order valence-corrected chi connectivity index (χ4v) is 3.72. The van der Waals surface area contributed by atoms with Crippen molar-refractivity contribution < 1.29 is 9.59 Å². The highest BCUT2D eigenvalue weighted by molar-refractivity contribution is 7.80. The second-order valence-electron chi connectivity index (χ2n) is 7.17. The summed E-state index contributed by atoms with van der Waals surface area (Å²) in [7, 11) is 0. The zero-order chi connectivity index (χ0) is 16.7. The number of thiol groups is 1. The van der Waals surface area contributed by atoms with Crippen molar-refractivity contribution in [2.24, 2.45) is 0 Å². The van der Waals surface area contributed by atoms with Gasteiger partial charge in [-0.25, -0.2) is 0 Å². The lowest BCUT2D eigenvalue weighted by molar-refractivity contribution is -0.117. The molecular formula is C18H25N3O2S. The predicted molar refractivity (Wildman–Crippen MR) is 95.7 cm³/mol. The minimum atomic E-state index is 0.00546. The summed E-state index contributed by atoms with van der Waals surface area (Å²) in [5.41, 5.74) is 1.89. The smallest absolute Gasteiger partial charge is 0.227 e. The van der Waals surface area contributed by atoms with E-state index in [1.165, 1.54) is 38.2 Å². The monoisotopic (exact) mass is 347 g/mol. The van der Waals surface area contributed by atoms with E-state index in [0.717, 1.165) is 44.5 Å². The molecule has 5 rings (SSSR count). The van der Waals surface area contributed by atoms with Gasteiger partial charge in [-0.3, -0.25) is 9.59 Å². The minimum Gasteiger partial charge on any atom is -0.365 e. The first-order valence-corrected chi connectivity index (χ1v) is 9.64. The maximum atomic E-state index is 12.4. The van der Waals surface area contributed by atoms with Gasteiger partial charge in [-0.05, 0) is 12.8 Å². The summed E-state index contributed by atoms with van der Waals surface area (Å²) < 4.78 is 0. The van der Waals surface area contributed by atoms with Crippen molar-refractivity contribution in [2.75, 3.05) is 39.3 Å². The second-order valence-corrected chi connectivity index (χ2v) is 7.90. The standard InChI is InChI=1S/C12H13N3O2.C6H12S/c16-9-7-8(13-1-2-13)12(17)11(15-5-6-15)10(9)14-3-4-14;7-6-4-2-1-3-5-6/h7H,1-6H2;6-7H,1-5H2. The highest BCUT2D eigenvalue weighted by atomic mass is 32.1. The summed E-state index contributed by atoms with van der Waals surface area (Å²) in [5, 5.41) is 0.730. The Labute approximate surface area is 148 Å². The lowest BCUT2D eigenvalue weighted by atomic mass is 10.0. The molecule has 0 N–H and O–H groups in total. The summed E-state index contributed by atoms with van der Waals surface area (Å²) in [5.74, 6) is 0.0485. The summed E-state index contributed by atoms with van der Waals surface area (Å²) in [6.07, 6.45) is 8.49. The van der Waals surface area contributed by atoms with Crippen molar-refractivity contribution in [1.29, 1.82) is 0 Å². The van der Waals surface area contributed by atoms with Gasteiger partial charge < -0.3 is 14.7 Å². The zero-order valence-corrected chi connectivity index (χ0v) is 14.9. The van der Waals surface area contributed by atoms with Gasteiger partial charge in [0, 0.05) is 50.6 Å². The molecule has 0 aromatic rings. The van der Waals surface area contributed by atoms with Crippen molar-refractivity contribution in [3.05, 3.63) is 23.2 Å². The molecule has 0 spiro atoms. The SMILES string of the molecule is O=C1C=C(N2CC2)C(=O)C(N2CC2)=C1N1CC1.SC1CCCCC1. The molecule has 0 amide bonds. The number of Topliss-reactive ketones (excluding diaryl/α,β-unsaturated/α-hetero) is 1. The fourth-order valence-electron chi connectivity index (χ4n) is 3.36. The maximum absolute atomic E-state index is 12.4. The van der Waals surface area contributed by atoms with Crippen LogP contribution in [-0.2, 0) is 9.59 Å². The van der Waals surface area contributed by atoms with Crippen LogP contribution in [0.25, 0.3) is 0 Å². The number of allylic oxidation sites excluding steroid dienone is 1. The number of carbonyl (C=O) groups is 2. The molecule has 130 valence electrons. The Morgan fingerprint density at radius 1 is 0.792 bits per heavy atom. The fraction of sp³-hybridized carbons (Fsp3) is 0.667. The van der Waals surface area contributed by atoms with E-state index in [-0.39, 0.29) is 11.6 Å². The van der Waals surface area contributed by atoms with Crippen molar-refractivity contribution >= 4 is 24.2 Å². The molecule has 5 nitrogen and oxygen atoms in total. The Bertz CT molecular complexity index is 610. The van der Waals surface area contributed by atoms with E-state index in [2.05, 4.69) is 12.6 Å². The highest BCUT2D eigenvalue weighted by Gasteiger charge is 2.43. The number of ketones is 2. The largest absolute Gasteiger partial charge is 0.365 e. The van der Waals surface area contributed by atoms with Crippen molar-refractivity contribution in [3.63, 3.8) is 0 Å². The van der Waals surface area contributed by atoms with Gasteiger partial charge in [0.15, 0.2) is 0 Å². The van der Waals surface area contributed by atoms with Gasteiger partial charge in [-0.2, -0.15) is 12.6 Å². The van der Waals surface area contributed by atoms with Crippen LogP contribution in [0.15, 0.2) is 23.2 Å². The molecule has 0 unspecified atom stereocenters. The molecular weight excluding hydrogens is 322 g/mol. The normalized spacial score (nSPS) is 26.2. The Morgan fingerprint density at radius 3 is 1.79 bits per heavy atom. The van der Waals surface area contributed by atoms with Crippen LogP contribution in [0, 0.1) is 0 Å². The van der Waals surface area contributed by atoms with E-state index >= 15 is 0 Å². The molecule has 0 atom stereocenters. The molecule has 0 aromatic heterocycles. The number of hydrogen-bond acceptors (Lipinski definition) is 6. The minimum absolute atomic E-state index is 0.00546. The average molecular weight is 347 g/mol. The van der Waals surface area contributed by atoms with Gasteiger partial charge in [0.1, 0.15) is 11.4 Å². The van der Waals surface area contributed by atoms with E-state index < -0.39 is 0 Å². The molecule has 0 radical (unpaired) electrons. The first kappa shape index (κ1) is 16.1. The summed E-state index contributed by atoms with van der Waals surface area (Å²) in [6.45, 7) is 5.41. The molecule has 0 aromatic carbocycles. The molecule has 4 fully saturated rings. The quantitative estimate of drug-likeness (QED) is 0.475. The maximum Gasteiger partial charge on any atom is 0.227 e. The lowest BCUT2D eigenvalue weighted by Crippen LogP contribution is -2.29. The lowest BCUT2D eigenvalue weighted by Gasteiger charge is -2.21. The van der Waals surface area contributed by atoms with Crippen molar-refractivity contribution in [1.82, 2.24) is 14.7 Å². The third-order valence-corrected chi connectivity index (χ3v) is 5.58. The number of rotatable bonds is 3. The Morgan fingerprint density at radius 2 is 1.33 bits per heavy atom. The van der Waals surface area contributed by atoms with Crippen LogP contribution < -0.4 is 0 Å². The molecule has 1 saturated carbocycles. The predicted octanol–water partition coefficient (Wildman–Crippen LogP) is 1.43.